The first-order valence-electron chi connectivity index (χ1n) is 7.54. The first-order chi connectivity index (χ1) is 10.7. The maximum atomic E-state index is 13.5. The van der Waals surface area contributed by atoms with Crippen LogP contribution in [0.4, 0.5) is 9.18 Å². The van der Waals surface area contributed by atoms with Gasteiger partial charge < -0.3 is 10.2 Å². The molecule has 1 saturated carbocycles. The number of halogens is 1. The highest BCUT2D eigenvalue weighted by atomic mass is 32.1. The van der Waals surface area contributed by atoms with Gasteiger partial charge in [-0.2, -0.15) is 0 Å². The lowest BCUT2D eigenvalue weighted by Crippen LogP contribution is -2.41. The van der Waals surface area contributed by atoms with E-state index in [-0.39, 0.29) is 11.8 Å². The first-order valence-corrected chi connectivity index (χ1v) is 8.42. The molecule has 22 heavy (non-hydrogen) atoms. The van der Waals surface area contributed by atoms with Crippen LogP contribution in [0.3, 0.4) is 0 Å². The lowest BCUT2D eigenvalue weighted by molar-refractivity contribution is 0.192. The van der Waals surface area contributed by atoms with Crippen molar-refractivity contribution in [3.63, 3.8) is 0 Å². The van der Waals surface area contributed by atoms with Crippen molar-refractivity contribution >= 4 is 17.4 Å². The summed E-state index contributed by atoms with van der Waals surface area (Å²) in [4.78, 5) is 15.4. The SMILES string of the molecule is O=C(NCCc1ccccc1F)N(Cc1cccs1)C1CC1. The molecule has 0 bridgehead atoms. The van der Waals surface area contributed by atoms with E-state index in [4.69, 9.17) is 0 Å². The molecule has 1 aliphatic carbocycles. The zero-order valence-electron chi connectivity index (χ0n) is 12.3. The molecule has 1 aromatic heterocycles. The molecule has 1 aromatic carbocycles. The van der Waals surface area contributed by atoms with Crippen LogP contribution in [0.1, 0.15) is 23.3 Å². The van der Waals surface area contributed by atoms with E-state index >= 15 is 0 Å². The van der Waals surface area contributed by atoms with Gasteiger partial charge in [0.1, 0.15) is 5.82 Å². The molecular formula is C17H19FN2OS. The van der Waals surface area contributed by atoms with Gasteiger partial charge in [-0.25, -0.2) is 9.18 Å². The molecule has 5 heteroatoms. The summed E-state index contributed by atoms with van der Waals surface area (Å²) in [6, 6.07) is 11.0. The van der Waals surface area contributed by atoms with Crippen LogP contribution < -0.4 is 5.32 Å². The molecule has 0 unspecified atom stereocenters. The van der Waals surface area contributed by atoms with E-state index in [2.05, 4.69) is 5.32 Å². The monoisotopic (exact) mass is 318 g/mol. The zero-order valence-corrected chi connectivity index (χ0v) is 13.1. The summed E-state index contributed by atoms with van der Waals surface area (Å²) in [5, 5.41) is 4.94. The van der Waals surface area contributed by atoms with Crippen LogP contribution in [0.15, 0.2) is 41.8 Å². The van der Waals surface area contributed by atoms with Gasteiger partial charge in [0.2, 0.25) is 0 Å². The fourth-order valence-electron chi connectivity index (χ4n) is 2.43. The highest BCUT2D eigenvalue weighted by molar-refractivity contribution is 7.09. The number of thiophene rings is 1. The molecule has 1 fully saturated rings. The van der Waals surface area contributed by atoms with Crippen LogP contribution >= 0.6 is 11.3 Å². The summed E-state index contributed by atoms with van der Waals surface area (Å²) in [5.41, 5.74) is 0.638. The van der Waals surface area contributed by atoms with Gasteiger partial charge in [0.25, 0.3) is 0 Å². The Hall–Kier alpha value is -1.88. The first kappa shape index (κ1) is 15.0. The molecule has 3 rings (SSSR count). The number of nitrogens with one attached hydrogen (secondary N) is 1. The van der Waals surface area contributed by atoms with E-state index in [1.54, 1.807) is 23.5 Å². The number of hydrogen-bond acceptors (Lipinski definition) is 2. The van der Waals surface area contributed by atoms with Crippen molar-refractivity contribution < 1.29 is 9.18 Å². The predicted octanol–water partition coefficient (Wildman–Crippen LogP) is 3.80. The Morgan fingerprint density at radius 2 is 2.09 bits per heavy atom. The standard InChI is InChI=1S/C17H19FN2OS/c18-16-6-2-1-4-13(16)9-10-19-17(21)20(14-7-8-14)12-15-5-3-11-22-15/h1-6,11,14H,7-10,12H2,(H,19,21). The number of nitrogens with zero attached hydrogens (tertiary/aromatic N) is 1. The van der Waals surface area contributed by atoms with Gasteiger partial charge in [-0.15, -0.1) is 11.3 Å². The number of urea groups is 1. The average Bonchev–Trinajstić information content (AvgIpc) is 3.23. The van der Waals surface area contributed by atoms with Crippen LogP contribution in [0.5, 0.6) is 0 Å². The van der Waals surface area contributed by atoms with Crippen molar-refractivity contribution in [3.05, 3.63) is 58.0 Å². The molecule has 1 N–H and O–H groups in total. The lowest BCUT2D eigenvalue weighted by Gasteiger charge is -2.22. The van der Waals surface area contributed by atoms with Crippen molar-refractivity contribution in [2.75, 3.05) is 6.54 Å². The minimum absolute atomic E-state index is 0.0489. The van der Waals surface area contributed by atoms with Crippen molar-refractivity contribution in [2.24, 2.45) is 0 Å². The summed E-state index contributed by atoms with van der Waals surface area (Å²) in [5.74, 6) is -0.214. The van der Waals surface area contributed by atoms with E-state index in [9.17, 15) is 9.18 Å². The Bertz CT molecular complexity index is 625. The Labute approximate surface area is 133 Å². The van der Waals surface area contributed by atoms with E-state index < -0.39 is 0 Å². The van der Waals surface area contributed by atoms with Crippen LogP contribution in [-0.4, -0.2) is 23.5 Å². The molecule has 116 valence electrons. The minimum atomic E-state index is -0.214. The largest absolute Gasteiger partial charge is 0.338 e. The summed E-state index contributed by atoms with van der Waals surface area (Å²) < 4.78 is 13.5. The number of carbonyl (C=O) groups is 1. The molecular weight excluding hydrogens is 299 g/mol. The van der Waals surface area contributed by atoms with Gasteiger partial charge >= 0.3 is 6.03 Å². The van der Waals surface area contributed by atoms with Gasteiger partial charge in [0.05, 0.1) is 6.54 Å². The van der Waals surface area contributed by atoms with Crippen LogP contribution in [-0.2, 0) is 13.0 Å². The van der Waals surface area contributed by atoms with Gasteiger partial charge in [-0.1, -0.05) is 24.3 Å². The molecule has 1 heterocycles. The topological polar surface area (TPSA) is 32.3 Å². The number of hydrogen-bond donors (Lipinski definition) is 1. The summed E-state index contributed by atoms with van der Waals surface area (Å²) in [6.45, 7) is 1.11. The second kappa shape index (κ2) is 6.92. The van der Waals surface area contributed by atoms with Crippen LogP contribution in [0.25, 0.3) is 0 Å². The average molecular weight is 318 g/mol. The Morgan fingerprint density at radius 1 is 1.27 bits per heavy atom. The lowest BCUT2D eigenvalue weighted by atomic mass is 10.1. The van der Waals surface area contributed by atoms with Crippen molar-refractivity contribution in [3.8, 4) is 0 Å². The highest BCUT2D eigenvalue weighted by Crippen LogP contribution is 2.29. The maximum Gasteiger partial charge on any atom is 0.317 e. The molecule has 0 radical (unpaired) electrons. The molecule has 0 saturated heterocycles. The third kappa shape index (κ3) is 3.85. The quantitative estimate of drug-likeness (QED) is 0.863. The van der Waals surface area contributed by atoms with Crippen LogP contribution in [0.2, 0.25) is 0 Å². The zero-order chi connectivity index (χ0) is 15.4. The van der Waals surface area contributed by atoms with Gasteiger partial charge in [-0.3, -0.25) is 0 Å². The molecule has 2 amide bonds. The van der Waals surface area contributed by atoms with E-state index in [0.717, 1.165) is 12.8 Å². The summed E-state index contributed by atoms with van der Waals surface area (Å²) >= 11 is 1.67. The summed E-state index contributed by atoms with van der Waals surface area (Å²) in [6.07, 6.45) is 2.66. The Kier molecular flexibility index (Phi) is 4.73. The molecule has 0 aliphatic heterocycles. The van der Waals surface area contributed by atoms with Gasteiger partial charge in [0, 0.05) is 17.5 Å². The smallest absolute Gasteiger partial charge is 0.317 e. The van der Waals surface area contributed by atoms with Gasteiger partial charge in [0.15, 0.2) is 0 Å². The molecule has 3 nitrogen and oxygen atoms in total. The molecule has 2 aromatic rings. The fraction of sp³-hybridized carbons (Fsp3) is 0.353. The second-order valence-electron chi connectivity index (χ2n) is 5.51. The Balaban J connectivity index is 1.52. The number of benzene rings is 1. The third-order valence-electron chi connectivity index (χ3n) is 3.78. The molecule has 1 aliphatic rings. The van der Waals surface area contributed by atoms with E-state index in [0.29, 0.717) is 31.1 Å². The maximum absolute atomic E-state index is 13.5. The normalized spacial score (nSPS) is 13.9. The van der Waals surface area contributed by atoms with Crippen molar-refractivity contribution in [1.82, 2.24) is 10.2 Å². The Morgan fingerprint density at radius 3 is 2.77 bits per heavy atom. The van der Waals surface area contributed by atoms with E-state index in [1.165, 1.54) is 10.9 Å². The fourth-order valence-corrected chi connectivity index (χ4v) is 3.13. The van der Waals surface area contributed by atoms with E-state index in [1.807, 2.05) is 28.5 Å². The third-order valence-corrected chi connectivity index (χ3v) is 4.64. The molecule has 0 spiro atoms. The minimum Gasteiger partial charge on any atom is -0.338 e. The molecule has 0 atom stereocenters. The highest BCUT2D eigenvalue weighted by Gasteiger charge is 2.32. The van der Waals surface area contributed by atoms with Crippen molar-refractivity contribution in [1.29, 1.82) is 0 Å². The summed E-state index contributed by atoms with van der Waals surface area (Å²) in [7, 11) is 0. The number of amides is 2. The second-order valence-corrected chi connectivity index (χ2v) is 6.54. The number of carbonyl (C=O) groups excluding carboxylic acids is 1. The predicted molar refractivity (Wildman–Crippen MR) is 86.4 cm³/mol. The van der Waals surface area contributed by atoms with Crippen molar-refractivity contribution in [2.45, 2.75) is 31.8 Å². The van der Waals surface area contributed by atoms with Crippen LogP contribution in [0, 0.1) is 5.82 Å². The number of rotatable bonds is 6. The van der Waals surface area contributed by atoms with Gasteiger partial charge in [-0.05, 0) is 42.3 Å².